The van der Waals surface area contributed by atoms with Crippen molar-refractivity contribution in [1.29, 1.82) is 0 Å². The number of hydrogen-bond donors (Lipinski definition) is 0. The third-order valence-corrected chi connectivity index (χ3v) is 4.66. The Morgan fingerprint density at radius 1 is 1.10 bits per heavy atom. The molecular formula is C14H10BrF3OS. The molecule has 1 heterocycles. The van der Waals surface area contributed by atoms with E-state index >= 15 is 0 Å². The Bertz CT molecular complexity index is 602. The minimum atomic E-state index is -4.34. The van der Waals surface area contributed by atoms with Crippen molar-refractivity contribution in [2.75, 3.05) is 0 Å². The Labute approximate surface area is 126 Å². The van der Waals surface area contributed by atoms with E-state index in [1.54, 1.807) is 0 Å². The van der Waals surface area contributed by atoms with Crippen molar-refractivity contribution in [3.05, 3.63) is 56.2 Å². The summed E-state index contributed by atoms with van der Waals surface area (Å²) in [5, 5.41) is 1.88. The number of Topliss-reactive ketones (excluding diaryl/α,β-unsaturated/α-hetero) is 1. The van der Waals surface area contributed by atoms with E-state index in [1.165, 1.54) is 23.5 Å². The molecule has 0 aliphatic carbocycles. The maximum absolute atomic E-state index is 12.4. The van der Waals surface area contributed by atoms with Gasteiger partial charge in [-0.3, -0.25) is 4.79 Å². The van der Waals surface area contributed by atoms with Crippen LogP contribution >= 0.6 is 27.3 Å². The van der Waals surface area contributed by atoms with E-state index in [2.05, 4.69) is 15.9 Å². The maximum atomic E-state index is 12.4. The quantitative estimate of drug-likeness (QED) is 0.757. The molecule has 0 radical (unpaired) electrons. The molecule has 20 heavy (non-hydrogen) atoms. The van der Waals surface area contributed by atoms with Crippen LogP contribution in [0.15, 0.2) is 40.2 Å². The van der Waals surface area contributed by atoms with Crippen LogP contribution in [0.5, 0.6) is 0 Å². The van der Waals surface area contributed by atoms with E-state index in [0.717, 1.165) is 21.5 Å². The highest BCUT2D eigenvalue weighted by Gasteiger charge is 2.29. The standard InChI is InChI=1S/C14H10BrF3OS/c15-12-5-6-20-13(12)8-11(19)7-9-1-3-10(4-2-9)14(16,17)18/h1-6H,7-8H2. The molecule has 0 saturated carbocycles. The summed E-state index contributed by atoms with van der Waals surface area (Å²) in [7, 11) is 0. The lowest BCUT2D eigenvalue weighted by Crippen LogP contribution is -2.07. The van der Waals surface area contributed by atoms with Crippen LogP contribution in [0.1, 0.15) is 16.0 Å². The minimum Gasteiger partial charge on any atom is -0.299 e. The molecule has 0 amide bonds. The van der Waals surface area contributed by atoms with Gasteiger partial charge in [0, 0.05) is 22.2 Å². The monoisotopic (exact) mass is 362 g/mol. The van der Waals surface area contributed by atoms with Gasteiger partial charge in [-0.25, -0.2) is 0 Å². The highest BCUT2D eigenvalue weighted by atomic mass is 79.9. The largest absolute Gasteiger partial charge is 0.416 e. The number of hydrogen-bond acceptors (Lipinski definition) is 2. The summed E-state index contributed by atoms with van der Waals surface area (Å²) >= 11 is 4.82. The van der Waals surface area contributed by atoms with Gasteiger partial charge in [-0.1, -0.05) is 12.1 Å². The van der Waals surface area contributed by atoms with Crippen LogP contribution < -0.4 is 0 Å². The van der Waals surface area contributed by atoms with Gasteiger partial charge in [0.2, 0.25) is 0 Å². The molecule has 0 saturated heterocycles. The molecular weight excluding hydrogens is 353 g/mol. The van der Waals surface area contributed by atoms with E-state index in [0.29, 0.717) is 12.0 Å². The number of halogens is 4. The molecule has 0 bridgehead atoms. The van der Waals surface area contributed by atoms with Gasteiger partial charge in [-0.2, -0.15) is 13.2 Å². The Kier molecular flexibility index (Phi) is 4.65. The highest BCUT2D eigenvalue weighted by Crippen LogP contribution is 2.29. The van der Waals surface area contributed by atoms with Crippen molar-refractivity contribution >= 4 is 33.0 Å². The second-order valence-electron chi connectivity index (χ2n) is 4.28. The second-order valence-corrected chi connectivity index (χ2v) is 6.13. The lowest BCUT2D eigenvalue weighted by Gasteiger charge is -2.07. The molecule has 2 rings (SSSR count). The third-order valence-electron chi connectivity index (χ3n) is 2.73. The Balaban J connectivity index is 2.00. The van der Waals surface area contributed by atoms with Gasteiger partial charge in [0.05, 0.1) is 5.56 Å². The van der Waals surface area contributed by atoms with E-state index in [-0.39, 0.29) is 12.2 Å². The van der Waals surface area contributed by atoms with Crippen molar-refractivity contribution in [1.82, 2.24) is 0 Å². The van der Waals surface area contributed by atoms with E-state index in [4.69, 9.17) is 0 Å². The van der Waals surface area contributed by atoms with Crippen LogP contribution in [0.25, 0.3) is 0 Å². The molecule has 6 heteroatoms. The fraction of sp³-hybridized carbons (Fsp3) is 0.214. The normalized spacial score (nSPS) is 11.6. The summed E-state index contributed by atoms with van der Waals surface area (Å²) < 4.78 is 38.1. The summed E-state index contributed by atoms with van der Waals surface area (Å²) in [4.78, 5) is 12.8. The fourth-order valence-electron chi connectivity index (χ4n) is 1.73. The summed E-state index contributed by atoms with van der Waals surface area (Å²) in [5.74, 6) is -0.0205. The van der Waals surface area contributed by atoms with Crippen molar-refractivity contribution in [2.24, 2.45) is 0 Å². The Morgan fingerprint density at radius 3 is 2.25 bits per heavy atom. The molecule has 0 spiro atoms. The zero-order valence-corrected chi connectivity index (χ0v) is 12.6. The molecule has 0 atom stereocenters. The number of benzene rings is 1. The molecule has 0 N–H and O–H groups in total. The second kappa shape index (κ2) is 6.10. The topological polar surface area (TPSA) is 17.1 Å². The molecule has 1 aromatic heterocycles. The van der Waals surface area contributed by atoms with E-state index in [1.807, 2.05) is 11.4 Å². The first-order valence-corrected chi connectivity index (χ1v) is 7.43. The zero-order valence-electron chi connectivity index (χ0n) is 10.2. The average Bonchev–Trinajstić information content (AvgIpc) is 2.74. The summed E-state index contributed by atoms with van der Waals surface area (Å²) in [6.07, 6.45) is -3.91. The summed E-state index contributed by atoms with van der Waals surface area (Å²) in [6.45, 7) is 0. The number of alkyl halides is 3. The predicted molar refractivity (Wildman–Crippen MR) is 75.9 cm³/mol. The third kappa shape index (κ3) is 3.93. The number of rotatable bonds is 4. The zero-order chi connectivity index (χ0) is 14.8. The number of carbonyl (C=O) groups excluding carboxylic acids is 1. The summed E-state index contributed by atoms with van der Waals surface area (Å²) in [5.41, 5.74) is -0.106. The van der Waals surface area contributed by atoms with E-state index in [9.17, 15) is 18.0 Å². The molecule has 0 aliphatic rings. The van der Waals surface area contributed by atoms with Crippen LogP contribution in [-0.4, -0.2) is 5.78 Å². The molecule has 1 aromatic carbocycles. The average molecular weight is 363 g/mol. The first kappa shape index (κ1) is 15.3. The smallest absolute Gasteiger partial charge is 0.299 e. The predicted octanol–water partition coefficient (Wildman–Crippen LogP) is 4.88. The molecule has 0 aliphatic heterocycles. The van der Waals surface area contributed by atoms with Gasteiger partial charge < -0.3 is 0 Å². The first-order valence-electron chi connectivity index (χ1n) is 5.76. The van der Waals surface area contributed by atoms with Gasteiger partial charge >= 0.3 is 6.18 Å². The van der Waals surface area contributed by atoms with Gasteiger partial charge in [-0.15, -0.1) is 11.3 Å². The van der Waals surface area contributed by atoms with Gasteiger partial charge in [0.1, 0.15) is 5.78 Å². The minimum absolute atomic E-state index is 0.0205. The summed E-state index contributed by atoms with van der Waals surface area (Å²) in [6, 6.07) is 6.58. The number of thiophene rings is 1. The molecule has 106 valence electrons. The van der Waals surface area contributed by atoms with Crippen LogP contribution in [0, 0.1) is 0 Å². The fourth-order valence-corrected chi connectivity index (χ4v) is 3.25. The highest BCUT2D eigenvalue weighted by molar-refractivity contribution is 9.10. The van der Waals surface area contributed by atoms with Crippen molar-refractivity contribution in [2.45, 2.75) is 19.0 Å². The first-order chi connectivity index (χ1) is 9.36. The van der Waals surface area contributed by atoms with Crippen molar-refractivity contribution in [3.63, 3.8) is 0 Å². The maximum Gasteiger partial charge on any atom is 0.416 e. The lowest BCUT2D eigenvalue weighted by atomic mass is 10.0. The van der Waals surface area contributed by atoms with Crippen LogP contribution in [0.2, 0.25) is 0 Å². The molecule has 0 unspecified atom stereocenters. The van der Waals surface area contributed by atoms with Crippen molar-refractivity contribution < 1.29 is 18.0 Å². The van der Waals surface area contributed by atoms with E-state index < -0.39 is 11.7 Å². The molecule has 0 fully saturated rings. The lowest BCUT2D eigenvalue weighted by molar-refractivity contribution is -0.137. The van der Waals surface area contributed by atoms with Crippen LogP contribution in [0.3, 0.4) is 0 Å². The van der Waals surface area contributed by atoms with Crippen molar-refractivity contribution in [3.8, 4) is 0 Å². The molecule has 1 nitrogen and oxygen atoms in total. The Hall–Kier alpha value is -1.14. The van der Waals surface area contributed by atoms with Gasteiger partial charge in [-0.05, 0) is 45.1 Å². The molecule has 2 aromatic rings. The SMILES string of the molecule is O=C(Cc1ccc(C(F)(F)F)cc1)Cc1sccc1Br. The van der Waals surface area contributed by atoms with Gasteiger partial charge in [0.25, 0.3) is 0 Å². The van der Waals surface area contributed by atoms with Crippen LogP contribution in [-0.2, 0) is 23.8 Å². The number of ketones is 1. The van der Waals surface area contributed by atoms with Gasteiger partial charge in [0.15, 0.2) is 0 Å². The number of carbonyl (C=O) groups is 1. The Morgan fingerprint density at radius 2 is 1.75 bits per heavy atom. The van der Waals surface area contributed by atoms with Crippen LogP contribution in [0.4, 0.5) is 13.2 Å².